The molecule has 0 saturated carbocycles. The van der Waals surface area contributed by atoms with E-state index < -0.39 is 0 Å². The van der Waals surface area contributed by atoms with Crippen molar-refractivity contribution in [1.82, 2.24) is 13.5 Å². The maximum absolute atomic E-state index is 2.34. The number of nitrogens with zero attached hydrogens (tertiary/aromatic N) is 6. The predicted octanol–water partition coefficient (Wildman–Crippen LogP) is 20.3. The average Bonchev–Trinajstić information content (AvgIpc) is 4.36. The summed E-state index contributed by atoms with van der Waals surface area (Å²) in [5.41, 5.74) is 13.7. The van der Waals surface area contributed by atoms with E-state index in [9.17, 15) is 0 Å². The average molecular weight is 1070 g/mol. The number of aromatic nitrogens is 6. The van der Waals surface area contributed by atoms with Crippen molar-refractivity contribution in [2.24, 2.45) is 21.1 Å². The molecule has 7 aromatic carbocycles. The van der Waals surface area contributed by atoms with Crippen molar-refractivity contribution in [2.45, 2.75) is 145 Å². The molecular weight excluding hydrogens is 961 g/mol. The lowest BCUT2D eigenvalue weighted by Crippen LogP contribution is -2.30. The highest BCUT2D eigenvalue weighted by Gasteiger charge is 2.26. The molecule has 0 N–H and O–H groups in total. The number of pyridine rings is 1. The van der Waals surface area contributed by atoms with E-state index in [1.54, 1.807) is 0 Å². The molecule has 11 rings (SSSR count). The number of hydrogen-bond donors (Lipinski definition) is 0. The quantitative estimate of drug-likeness (QED) is 0.124. The summed E-state index contributed by atoms with van der Waals surface area (Å²) in [6.45, 7) is 42.5. The smallest absolute Gasteiger partial charge is 0.232 e. The van der Waals surface area contributed by atoms with Crippen LogP contribution in [0.25, 0.3) is 72.5 Å². The monoisotopic (exact) mass is 1070 g/mol. The fraction of sp³-hybridized carbons (Fsp3) is 0.329. The van der Waals surface area contributed by atoms with Crippen LogP contribution < -0.4 is 13.7 Å². The van der Waals surface area contributed by atoms with Gasteiger partial charge in [-0.25, -0.2) is 13.7 Å². The molecule has 11 aromatic rings. The van der Waals surface area contributed by atoms with Gasteiger partial charge in [0.15, 0.2) is 11.0 Å². The van der Waals surface area contributed by atoms with E-state index in [4.69, 9.17) is 0 Å². The van der Waals surface area contributed by atoms with Gasteiger partial charge in [-0.3, -0.25) is 0 Å². The lowest BCUT2D eigenvalue weighted by Gasteiger charge is -2.06. The molecule has 0 aliphatic rings. The summed E-state index contributed by atoms with van der Waals surface area (Å²) < 4.78 is 13.5. The highest BCUT2D eigenvalue weighted by molar-refractivity contribution is 6.12. The van der Waals surface area contributed by atoms with E-state index in [0.29, 0.717) is 0 Å². The molecule has 0 spiro atoms. The number of fused-ring (bicyclic) bond motifs is 7. The van der Waals surface area contributed by atoms with Crippen LogP contribution in [0, 0.1) is 20.8 Å². The van der Waals surface area contributed by atoms with Gasteiger partial charge in [0.25, 0.3) is 17.3 Å². The second kappa shape index (κ2) is 40.6. The minimum absolute atomic E-state index is 1.18. The van der Waals surface area contributed by atoms with Gasteiger partial charge in [-0.2, -0.15) is 13.5 Å². The molecule has 0 saturated heterocycles. The maximum atomic E-state index is 2.34. The van der Waals surface area contributed by atoms with Crippen molar-refractivity contribution in [2.75, 3.05) is 0 Å². The van der Waals surface area contributed by atoms with Crippen molar-refractivity contribution < 1.29 is 13.7 Å². The Kier molecular flexibility index (Phi) is 36.7. The number of aryl methyl sites for hydroxylation is 6. The molecule has 0 radical (unpaired) electrons. The van der Waals surface area contributed by atoms with Crippen LogP contribution in [0.3, 0.4) is 0 Å². The predicted molar refractivity (Wildman–Crippen MR) is 352 cm³/mol. The zero-order valence-corrected chi connectivity index (χ0v) is 53.7. The third-order valence-corrected chi connectivity index (χ3v) is 11.8. The van der Waals surface area contributed by atoms with Gasteiger partial charge in [0, 0.05) is 10.8 Å². The van der Waals surface area contributed by atoms with Crippen LogP contribution in [0.1, 0.15) is 141 Å². The summed E-state index contributed by atoms with van der Waals surface area (Å²) in [5.74, 6) is 2.40. The Balaban J connectivity index is 0.00000101. The molecule has 4 heterocycles. The summed E-state index contributed by atoms with van der Waals surface area (Å²) in [6.07, 6.45) is 8.46. The molecule has 0 aliphatic carbocycles. The van der Waals surface area contributed by atoms with E-state index in [-0.39, 0.29) is 0 Å². The van der Waals surface area contributed by atoms with Gasteiger partial charge >= 0.3 is 0 Å². The van der Waals surface area contributed by atoms with Crippen LogP contribution in [0.4, 0.5) is 0 Å². The third-order valence-electron chi connectivity index (χ3n) is 11.8. The van der Waals surface area contributed by atoms with Gasteiger partial charge in [-0.1, -0.05) is 246 Å². The first-order chi connectivity index (χ1) is 38.8. The zero-order chi connectivity index (χ0) is 60.0. The van der Waals surface area contributed by atoms with Crippen LogP contribution in [-0.4, -0.2) is 13.5 Å². The highest BCUT2D eigenvalue weighted by Crippen LogP contribution is 2.31. The molecule has 424 valence electrons. The molecule has 4 aromatic heterocycles. The standard InChI is InChI=1S/C21H19N2.C17H15N2.C17H17N2.9C2H6/c1-16-10-6-7-13-18(16)21-22(2)19-14-8-9-15-20(19)23(21)17-11-4-3-5-12-17;1-12-6-5-8-14-13-7-3-4-9-15(13)19-11-10-18(2)17(19)16(12)14;1-14-8-6-7-11-16(14)17-18(2)12-13-19(17)15-9-4-3-5-10-15;9*1-2/h3-15H,1-2H3;3-11H,1-2H3;3-13H,1-2H3;9*1-2H3/q3*+1;;;;;;;;;. The minimum atomic E-state index is 1.18. The summed E-state index contributed by atoms with van der Waals surface area (Å²) in [4.78, 5) is 0. The topological polar surface area (TPSA) is 25.9 Å². The van der Waals surface area contributed by atoms with Gasteiger partial charge < -0.3 is 0 Å². The molecule has 0 amide bonds. The summed E-state index contributed by atoms with van der Waals surface area (Å²) >= 11 is 0. The van der Waals surface area contributed by atoms with E-state index in [2.05, 4.69) is 264 Å². The molecule has 6 nitrogen and oxygen atoms in total. The van der Waals surface area contributed by atoms with E-state index in [1.807, 2.05) is 131 Å². The van der Waals surface area contributed by atoms with Gasteiger partial charge in [-0.05, 0) is 92.1 Å². The Morgan fingerprint density at radius 2 is 0.734 bits per heavy atom. The van der Waals surface area contributed by atoms with Crippen LogP contribution in [0.15, 0.2) is 201 Å². The molecule has 0 atom stereocenters. The normalized spacial score (nSPS) is 9.27. The first-order valence-corrected chi connectivity index (χ1v) is 29.9. The van der Waals surface area contributed by atoms with Gasteiger partial charge in [-0.15, -0.1) is 0 Å². The highest BCUT2D eigenvalue weighted by atomic mass is 15.2. The van der Waals surface area contributed by atoms with Crippen LogP contribution in [0.2, 0.25) is 0 Å². The SMILES string of the molecule is CC.CC.CC.CC.CC.CC.CC.CC.CC.Cc1cccc2c3ccccc3n3cc[n+](C)c3c12.Cc1ccccc1-c1n(-c2ccccc2)c2ccccc2[n+]1C.Cc1ccccc1-c1n(-c2ccccc2)cc[n+]1C. The Bertz CT molecular complexity index is 3320. The molecule has 0 unspecified atom stereocenters. The Morgan fingerprint density at radius 1 is 0.329 bits per heavy atom. The van der Waals surface area contributed by atoms with E-state index >= 15 is 0 Å². The van der Waals surface area contributed by atoms with Crippen molar-refractivity contribution in [3.8, 4) is 34.2 Å². The molecule has 6 heteroatoms. The van der Waals surface area contributed by atoms with Gasteiger partial charge in [0.1, 0.15) is 41.7 Å². The largest absolute Gasteiger partial charge is 0.295 e. The minimum Gasteiger partial charge on any atom is -0.232 e. The summed E-state index contributed by atoms with van der Waals surface area (Å²) in [6, 6.07) is 61.7. The second-order valence-electron chi connectivity index (χ2n) is 15.7. The Hall–Kier alpha value is -7.57. The van der Waals surface area contributed by atoms with Crippen LogP contribution in [-0.2, 0) is 21.1 Å². The fourth-order valence-corrected chi connectivity index (χ4v) is 8.77. The van der Waals surface area contributed by atoms with Crippen molar-refractivity contribution in [3.63, 3.8) is 0 Å². The molecule has 0 aliphatic heterocycles. The Labute approximate surface area is 481 Å². The van der Waals surface area contributed by atoms with Crippen molar-refractivity contribution in [3.05, 3.63) is 217 Å². The number of benzene rings is 7. The zero-order valence-electron chi connectivity index (χ0n) is 53.7. The first-order valence-electron chi connectivity index (χ1n) is 29.9. The van der Waals surface area contributed by atoms with Crippen LogP contribution in [0.5, 0.6) is 0 Å². The third kappa shape index (κ3) is 17.7. The number of rotatable bonds is 4. The van der Waals surface area contributed by atoms with Crippen molar-refractivity contribution in [1.29, 1.82) is 0 Å². The second-order valence-corrected chi connectivity index (χ2v) is 15.7. The fourth-order valence-electron chi connectivity index (χ4n) is 8.77. The maximum Gasteiger partial charge on any atom is 0.295 e. The first kappa shape index (κ1) is 71.4. The molecular formula is C73H105N6+3. The van der Waals surface area contributed by atoms with Crippen LogP contribution >= 0.6 is 0 Å². The van der Waals surface area contributed by atoms with Crippen molar-refractivity contribution >= 4 is 38.4 Å². The van der Waals surface area contributed by atoms with E-state index in [0.717, 1.165) is 0 Å². The van der Waals surface area contributed by atoms with E-state index in [1.165, 1.54) is 89.2 Å². The Morgan fingerprint density at radius 3 is 1.27 bits per heavy atom. The lowest BCUT2D eigenvalue weighted by atomic mass is 10.0. The van der Waals surface area contributed by atoms with Gasteiger partial charge in [0.2, 0.25) is 0 Å². The lowest BCUT2D eigenvalue weighted by molar-refractivity contribution is -0.659. The summed E-state index contributed by atoms with van der Waals surface area (Å²) in [5, 5.41) is 3.98. The number of hydrogen-bond acceptors (Lipinski definition) is 0. The molecule has 0 fully saturated rings. The van der Waals surface area contributed by atoms with Gasteiger partial charge in [0.05, 0.1) is 37.7 Å². The number of para-hydroxylation sites is 5. The molecule has 0 bridgehead atoms. The number of imidazole rings is 3. The summed E-state index contributed by atoms with van der Waals surface area (Å²) in [7, 11) is 6.33. The molecule has 79 heavy (non-hydrogen) atoms.